The minimum atomic E-state index is 0.520. The number of benzene rings is 1. The van der Waals surface area contributed by atoms with Gasteiger partial charge in [-0.05, 0) is 43.1 Å². The molecular weight excluding hydrogens is 280 g/mol. The summed E-state index contributed by atoms with van der Waals surface area (Å²) in [6.45, 7) is 2.27. The van der Waals surface area contributed by atoms with E-state index in [4.69, 9.17) is 0 Å². The van der Waals surface area contributed by atoms with Gasteiger partial charge < -0.3 is 0 Å². The number of aryl methyl sites for hydroxylation is 1. The van der Waals surface area contributed by atoms with Gasteiger partial charge in [0.05, 0.1) is 0 Å². The molecule has 1 heteroatoms. The number of hydrogen-bond acceptors (Lipinski definition) is 1. The summed E-state index contributed by atoms with van der Waals surface area (Å²) in [7, 11) is 0. The molecule has 0 spiro atoms. The SMILES string of the molecule is CCCCC1CCCCC1CC(=O)CCCCc1ccccc1. The molecule has 2 unspecified atom stereocenters. The van der Waals surface area contributed by atoms with Crippen LogP contribution < -0.4 is 0 Å². The highest BCUT2D eigenvalue weighted by molar-refractivity contribution is 5.78. The Hall–Kier alpha value is -1.11. The molecule has 1 saturated carbocycles. The standard InChI is InChI=1S/C22H34O/c1-2-3-14-20-15-8-9-16-21(20)18-22(23)17-10-7-13-19-11-5-4-6-12-19/h4-6,11-12,20-21H,2-3,7-10,13-18H2,1H3. The molecule has 2 atom stereocenters. The first-order valence-corrected chi connectivity index (χ1v) is 9.85. The second-order valence-corrected chi connectivity index (χ2v) is 7.38. The van der Waals surface area contributed by atoms with E-state index in [9.17, 15) is 4.79 Å². The maximum Gasteiger partial charge on any atom is 0.133 e. The molecule has 1 nitrogen and oxygen atoms in total. The lowest BCUT2D eigenvalue weighted by Crippen LogP contribution is -2.22. The molecule has 0 N–H and O–H groups in total. The van der Waals surface area contributed by atoms with Crippen molar-refractivity contribution in [1.29, 1.82) is 0 Å². The van der Waals surface area contributed by atoms with Gasteiger partial charge in [0, 0.05) is 12.8 Å². The molecule has 0 aromatic heterocycles. The quantitative estimate of drug-likeness (QED) is 0.459. The zero-order chi connectivity index (χ0) is 16.3. The molecule has 1 aliphatic rings. The van der Waals surface area contributed by atoms with E-state index in [1.165, 1.54) is 50.5 Å². The predicted molar refractivity (Wildman–Crippen MR) is 98.6 cm³/mol. The number of rotatable bonds is 10. The molecule has 1 aromatic carbocycles. The fourth-order valence-electron chi connectivity index (χ4n) is 4.09. The van der Waals surface area contributed by atoms with Gasteiger partial charge in [0.25, 0.3) is 0 Å². The van der Waals surface area contributed by atoms with Gasteiger partial charge in [-0.15, -0.1) is 0 Å². The van der Waals surface area contributed by atoms with E-state index in [2.05, 4.69) is 37.3 Å². The van der Waals surface area contributed by atoms with Crippen LogP contribution in [0.3, 0.4) is 0 Å². The summed E-state index contributed by atoms with van der Waals surface area (Å²) in [6.07, 6.45) is 14.3. The van der Waals surface area contributed by atoms with Crippen molar-refractivity contribution in [3.63, 3.8) is 0 Å². The Bertz CT molecular complexity index is 437. The molecule has 0 saturated heterocycles. The molecule has 1 aliphatic carbocycles. The van der Waals surface area contributed by atoms with Gasteiger partial charge in [0.15, 0.2) is 0 Å². The van der Waals surface area contributed by atoms with E-state index in [1.54, 1.807) is 0 Å². The first-order chi connectivity index (χ1) is 11.3. The first kappa shape index (κ1) is 18.2. The van der Waals surface area contributed by atoms with Crippen molar-refractivity contribution in [1.82, 2.24) is 0 Å². The summed E-state index contributed by atoms with van der Waals surface area (Å²) in [6, 6.07) is 10.6. The molecule has 0 bridgehead atoms. The fraction of sp³-hybridized carbons (Fsp3) is 0.682. The molecule has 128 valence electrons. The number of ketones is 1. The minimum Gasteiger partial charge on any atom is -0.300 e. The van der Waals surface area contributed by atoms with E-state index in [1.807, 2.05) is 0 Å². The fourth-order valence-corrected chi connectivity index (χ4v) is 4.09. The highest BCUT2D eigenvalue weighted by atomic mass is 16.1. The van der Waals surface area contributed by atoms with Crippen molar-refractivity contribution in [2.45, 2.75) is 84.0 Å². The number of Topliss-reactive ketones (excluding diaryl/α,β-unsaturated/α-hetero) is 1. The molecule has 1 fully saturated rings. The van der Waals surface area contributed by atoms with Crippen LogP contribution in [0, 0.1) is 11.8 Å². The Kier molecular flexibility index (Phi) is 8.42. The number of carbonyl (C=O) groups excluding carboxylic acids is 1. The van der Waals surface area contributed by atoms with E-state index in [0.717, 1.165) is 38.0 Å². The molecule has 2 rings (SSSR count). The minimum absolute atomic E-state index is 0.520. The lowest BCUT2D eigenvalue weighted by Gasteiger charge is -2.31. The van der Waals surface area contributed by atoms with Crippen LogP contribution in [0.4, 0.5) is 0 Å². The molecular formula is C22H34O. The van der Waals surface area contributed by atoms with Crippen LogP contribution in [-0.2, 0) is 11.2 Å². The summed E-state index contributed by atoms with van der Waals surface area (Å²) in [5, 5.41) is 0. The van der Waals surface area contributed by atoms with E-state index in [-0.39, 0.29) is 0 Å². The summed E-state index contributed by atoms with van der Waals surface area (Å²) >= 11 is 0. The highest BCUT2D eigenvalue weighted by Gasteiger charge is 2.26. The van der Waals surface area contributed by atoms with Crippen LogP contribution in [0.5, 0.6) is 0 Å². The second-order valence-electron chi connectivity index (χ2n) is 7.38. The smallest absolute Gasteiger partial charge is 0.133 e. The van der Waals surface area contributed by atoms with Crippen molar-refractivity contribution in [3.05, 3.63) is 35.9 Å². The van der Waals surface area contributed by atoms with E-state index in [0.29, 0.717) is 11.7 Å². The summed E-state index contributed by atoms with van der Waals surface area (Å²) < 4.78 is 0. The summed E-state index contributed by atoms with van der Waals surface area (Å²) in [5.41, 5.74) is 1.40. The van der Waals surface area contributed by atoms with Crippen LogP contribution in [0.1, 0.15) is 83.1 Å². The molecule has 0 radical (unpaired) electrons. The Morgan fingerprint density at radius 2 is 1.74 bits per heavy atom. The van der Waals surface area contributed by atoms with Gasteiger partial charge in [-0.3, -0.25) is 4.79 Å². The number of hydrogen-bond donors (Lipinski definition) is 0. The van der Waals surface area contributed by atoms with Gasteiger partial charge in [-0.2, -0.15) is 0 Å². The second kappa shape index (κ2) is 10.6. The largest absolute Gasteiger partial charge is 0.300 e. The van der Waals surface area contributed by atoms with Gasteiger partial charge >= 0.3 is 0 Å². The van der Waals surface area contributed by atoms with Crippen LogP contribution in [0.25, 0.3) is 0 Å². The molecule has 23 heavy (non-hydrogen) atoms. The lowest BCUT2D eigenvalue weighted by molar-refractivity contribution is -0.120. The normalized spacial score (nSPS) is 21.3. The van der Waals surface area contributed by atoms with Gasteiger partial charge in [-0.1, -0.05) is 75.8 Å². The van der Waals surface area contributed by atoms with Crippen LogP contribution in [0.2, 0.25) is 0 Å². The zero-order valence-corrected chi connectivity index (χ0v) is 14.9. The maximum atomic E-state index is 12.3. The molecule has 1 aromatic rings. The van der Waals surface area contributed by atoms with Gasteiger partial charge in [0.2, 0.25) is 0 Å². The van der Waals surface area contributed by atoms with Gasteiger partial charge in [0.1, 0.15) is 5.78 Å². The highest BCUT2D eigenvalue weighted by Crippen LogP contribution is 2.36. The molecule has 0 aliphatic heterocycles. The Morgan fingerprint density at radius 3 is 2.48 bits per heavy atom. The van der Waals surface area contributed by atoms with E-state index >= 15 is 0 Å². The predicted octanol–water partition coefficient (Wildman–Crippen LogP) is 6.36. The third kappa shape index (κ3) is 6.89. The maximum absolute atomic E-state index is 12.3. The van der Waals surface area contributed by atoms with Crippen LogP contribution >= 0.6 is 0 Å². The molecule has 0 amide bonds. The third-order valence-corrected chi connectivity index (χ3v) is 5.50. The Labute approximate surface area is 142 Å². The first-order valence-electron chi connectivity index (χ1n) is 9.85. The van der Waals surface area contributed by atoms with Crippen molar-refractivity contribution in [2.75, 3.05) is 0 Å². The summed E-state index contributed by atoms with van der Waals surface area (Å²) in [4.78, 5) is 12.3. The lowest BCUT2D eigenvalue weighted by atomic mass is 9.74. The average Bonchev–Trinajstić information content (AvgIpc) is 2.59. The van der Waals surface area contributed by atoms with Crippen LogP contribution in [-0.4, -0.2) is 5.78 Å². The topological polar surface area (TPSA) is 17.1 Å². The number of carbonyl (C=O) groups is 1. The molecule has 0 heterocycles. The van der Waals surface area contributed by atoms with Crippen molar-refractivity contribution in [3.8, 4) is 0 Å². The van der Waals surface area contributed by atoms with Crippen LogP contribution in [0.15, 0.2) is 30.3 Å². The number of unbranched alkanes of at least 4 members (excludes halogenated alkanes) is 2. The average molecular weight is 315 g/mol. The van der Waals surface area contributed by atoms with Crippen molar-refractivity contribution in [2.24, 2.45) is 11.8 Å². The Balaban J connectivity index is 1.64. The monoisotopic (exact) mass is 314 g/mol. The zero-order valence-electron chi connectivity index (χ0n) is 14.9. The van der Waals surface area contributed by atoms with Gasteiger partial charge in [-0.25, -0.2) is 0 Å². The third-order valence-electron chi connectivity index (χ3n) is 5.50. The van der Waals surface area contributed by atoms with Crippen molar-refractivity contribution >= 4 is 5.78 Å². The van der Waals surface area contributed by atoms with E-state index < -0.39 is 0 Å². The Morgan fingerprint density at radius 1 is 1.00 bits per heavy atom. The summed E-state index contributed by atoms with van der Waals surface area (Å²) in [5.74, 6) is 2.04. The van der Waals surface area contributed by atoms with Crippen molar-refractivity contribution < 1.29 is 4.79 Å².